The van der Waals surface area contributed by atoms with Crippen LogP contribution in [0.5, 0.6) is 0 Å². The quantitative estimate of drug-likeness (QED) is 0.813. The largest absolute Gasteiger partial charge is 0.384 e. The lowest BCUT2D eigenvalue weighted by atomic mass is 9.77. The molecule has 0 radical (unpaired) electrons. The van der Waals surface area contributed by atoms with E-state index in [1.54, 1.807) is 7.11 Å². The van der Waals surface area contributed by atoms with Gasteiger partial charge >= 0.3 is 0 Å². The molecule has 0 aromatic rings. The molecule has 1 aliphatic heterocycles. The van der Waals surface area contributed by atoms with Crippen LogP contribution in [0.4, 0.5) is 0 Å². The van der Waals surface area contributed by atoms with Crippen LogP contribution >= 0.6 is 0 Å². The molecule has 2 N–H and O–H groups in total. The predicted molar refractivity (Wildman–Crippen MR) is 75.9 cm³/mol. The third kappa shape index (κ3) is 3.11. The second kappa shape index (κ2) is 6.23. The van der Waals surface area contributed by atoms with E-state index < -0.39 is 0 Å². The lowest BCUT2D eigenvalue weighted by Crippen LogP contribution is -2.52. The van der Waals surface area contributed by atoms with Gasteiger partial charge in [0.1, 0.15) is 0 Å². The Kier molecular flexibility index (Phi) is 4.85. The maximum absolute atomic E-state index is 12.6. The van der Waals surface area contributed by atoms with Crippen LogP contribution in [0.1, 0.15) is 39.5 Å². The summed E-state index contributed by atoms with van der Waals surface area (Å²) >= 11 is 0. The van der Waals surface area contributed by atoms with Crippen LogP contribution in [0, 0.1) is 17.3 Å². The van der Waals surface area contributed by atoms with E-state index in [1.807, 2.05) is 0 Å². The highest BCUT2D eigenvalue weighted by Gasteiger charge is 2.42. The Labute approximate surface area is 116 Å². The Morgan fingerprint density at radius 3 is 2.84 bits per heavy atom. The zero-order valence-electron chi connectivity index (χ0n) is 12.5. The Balaban J connectivity index is 1.98. The first-order valence-corrected chi connectivity index (χ1v) is 7.60. The van der Waals surface area contributed by atoms with Gasteiger partial charge in [-0.2, -0.15) is 0 Å². The number of hydrogen-bond acceptors (Lipinski definition) is 3. The highest BCUT2D eigenvalue weighted by atomic mass is 16.5. The first-order chi connectivity index (χ1) is 9.09. The topological polar surface area (TPSA) is 50.4 Å². The van der Waals surface area contributed by atoms with Gasteiger partial charge in [0.25, 0.3) is 0 Å². The van der Waals surface area contributed by atoms with Crippen LogP contribution in [0.2, 0.25) is 0 Å². The van der Waals surface area contributed by atoms with Crippen molar-refractivity contribution in [2.24, 2.45) is 17.3 Å². The molecule has 4 atom stereocenters. The average molecular weight is 268 g/mol. The number of ether oxygens (including phenoxy) is 1. The summed E-state index contributed by atoms with van der Waals surface area (Å²) in [5.74, 6) is 1.47. The van der Waals surface area contributed by atoms with Crippen LogP contribution in [0.3, 0.4) is 0 Å². The Morgan fingerprint density at radius 2 is 2.21 bits per heavy atom. The summed E-state index contributed by atoms with van der Waals surface area (Å²) in [5.41, 5.74) is -0.352. The summed E-state index contributed by atoms with van der Waals surface area (Å²) in [6.07, 6.45) is 4.52. The Bertz CT molecular complexity index is 313. The molecule has 19 heavy (non-hydrogen) atoms. The number of carbonyl (C=O) groups is 1. The van der Waals surface area contributed by atoms with E-state index >= 15 is 0 Å². The van der Waals surface area contributed by atoms with Crippen molar-refractivity contribution in [3.05, 3.63) is 0 Å². The molecule has 1 aliphatic carbocycles. The van der Waals surface area contributed by atoms with Gasteiger partial charge in [0.05, 0.1) is 12.0 Å². The second-order valence-corrected chi connectivity index (χ2v) is 6.49. The summed E-state index contributed by atoms with van der Waals surface area (Å²) in [7, 11) is 1.68. The van der Waals surface area contributed by atoms with Crippen molar-refractivity contribution in [2.45, 2.75) is 45.6 Å². The van der Waals surface area contributed by atoms with Crippen molar-refractivity contribution >= 4 is 5.91 Å². The molecule has 1 saturated carbocycles. The van der Waals surface area contributed by atoms with Crippen molar-refractivity contribution < 1.29 is 9.53 Å². The monoisotopic (exact) mass is 268 g/mol. The standard InChI is InChI=1S/C15H28N2O2/c1-11-5-4-6-13(12(11)2)17-14(18)15(10-19-3)7-8-16-9-15/h11-13,16H,4-10H2,1-3H3,(H,17,18). The fourth-order valence-electron chi connectivity index (χ4n) is 3.51. The third-order valence-corrected chi connectivity index (χ3v) is 5.17. The van der Waals surface area contributed by atoms with Gasteiger partial charge in [0, 0.05) is 19.7 Å². The second-order valence-electron chi connectivity index (χ2n) is 6.49. The number of amides is 1. The number of methoxy groups -OCH3 is 1. The molecule has 2 rings (SSSR count). The van der Waals surface area contributed by atoms with Gasteiger partial charge in [0.15, 0.2) is 0 Å². The summed E-state index contributed by atoms with van der Waals surface area (Å²) in [4.78, 5) is 12.6. The third-order valence-electron chi connectivity index (χ3n) is 5.17. The summed E-state index contributed by atoms with van der Waals surface area (Å²) < 4.78 is 5.29. The van der Waals surface area contributed by atoms with Gasteiger partial charge in [-0.3, -0.25) is 4.79 Å². The van der Waals surface area contributed by atoms with Crippen LogP contribution < -0.4 is 10.6 Å². The van der Waals surface area contributed by atoms with Gasteiger partial charge in [-0.15, -0.1) is 0 Å². The minimum Gasteiger partial charge on any atom is -0.384 e. The molecule has 4 heteroatoms. The minimum atomic E-state index is -0.352. The average Bonchev–Trinajstić information content (AvgIpc) is 2.85. The van der Waals surface area contributed by atoms with Crippen molar-refractivity contribution in [3.63, 3.8) is 0 Å². The molecule has 0 bridgehead atoms. The molecule has 1 heterocycles. The van der Waals surface area contributed by atoms with Gasteiger partial charge in [-0.25, -0.2) is 0 Å². The lowest BCUT2D eigenvalue weighted by Gasteiger charge is -2.37. The van der Waals surface area contributed by atoms with Crippen LogP contribution in [0.15, 0.2) is 0 Å². The molecule has 0 spiro atoms. The van der Waals surface area contributed by atoms with E-state index in [-0.39, 0.29) is 11.3 Å². The molecule has 2 fully saturated rings. The van der Waals surface area contributed by atoms with E-state index in [1.165, 1.54) is 12.8 Å². The Morgan fingerprint density at radius 1 is 1.42 bits per heavy atom. The molecule has 1 saturated heterocycles. The minimum absolute atomic E-state index is 0.185. The molecule has 0 aromatic heterocycles. The molecule has 1 amide bonds. The molecule has 4 unspecified atom stereocenters. The van der Waals surface area contributed by atoms with Crippen molar-refractivity contribution in [1.29, 1.82) is 0 Å². The van der Waals surface area contributed by atoms with Crippen LogP contribution in [0.25, 0.3) is 0 Å². The summed E-state index contributed by atoms with van der Waals surface area (Å²) in [6.45, 7) is 6.73. The highest BCUT2D eigenvalue weighted by molar-refractivity contribution is 5.83. The van der Waals surface area contributed by atoms with E-state index in [4.69, 9.17) is 4.74 Å². The fraction of sp³-hybridized carbons (Fsp3) is 0.933. The lowest BCUT2D eigenvalue weighted by molar-refractivity contribution is -0.134. The predicted octanol–water partition coefficient (Wildman–Crippen LogP) is 1.55. The smallest absolute Gasteiger partial charge is 0.230 e. The SMILES string of the molecule is COCC1(C(=O)NC2CCCC(C)C2C)CCNC1. The molecule has 4 nitrogen and oxygen atoms in total. The van der Waals surface area contributed by atoms with Gasteiger partial charge in [-0.1, -0.05) is 26.7 Å². The molecular formula is C15H28N2O2. The molecule has 110 valence electrons. The molecule has 0 aromatic carbocycles. The van der Waals surface area contributed by atoms with Crippen LogP contribution in [-0.4, -0.2) is 38.8 Å². The molecular weight excluding hydrogens is 240 g/mol. The number of rotatable bonds is 4. The summed E-state index contributed by atoms with van der Waals surface area (Å²) in [5, 5.41) is 6.60. The summed E-state index contributed by atoms with van der Waals surface area (Å²) in [6, 6.07) is 0.339. The number of carbonyl (C=O) groups excluding carboxylic acids is 1. The number of hydrogen-bond donors (Lipinski definition) is 2. The van der Waals surface area contributed by atoms with Crippen LogP contribution in [-0.2, 0) is 9.53 Å². The van der Waals surface area contributed by atoms with E-state index in [0.717, 1.165) is 25.9 Å². The first kappa shape index (κ1) is 14.8. The van der Waals surface area contributed by atoms with Crippen molar-refractivity contribution in [3.8, 4) is 0 Å². The fourth-order valence-corrected chi connectivity index (χ4v) is 3.51. The Hall–Kier alpha value is -0.610. The van der Waals surface area contributed by atoms with E-state index in [2.05, 4.69) is 24.5 Å². The zero-order valence-corrected chi connectivity index (χ0v) is 12.5. The first-order valence-electron chi connectivity index (χ1n) is 7.60. The van der Waals surface area contributed by atoms with Gasteiger partial charge in [0.2, 0.25) is 5.91 Å². The van der Waals surface area contributed by atoms with E-state index in [9.17, 15) is 4.79 Å². The zero-order chi connectivity index (χ0) is 13.9. The van der Waals surface area contributed by atoms with Gasteiger partial charge < -0.3 is 15.4 Å². The van der Waals surface area contributed by atoms with Crippen molar-refractivity contribution in [1.82, 2.24) is 10.6 Å². The maximum Gasteiger partial charge on any atom is 0.230 e. The highest BCUT2D eigenvalue weighted by Crippen LogP contribution is 2.32. The number of nitrogens with one attached hydrogen (secondary N) is 2. The van der Waals surface area contributed by atoms with Gasteiger partial charge in [-0.05, 0) is 31.2 Å². The van der Waals surface area contributed by atoms with E-state index in [0.29, 0.717) is 24.5 Å². The normalized spacial score (nSPS) is 39.2. The van der Waals surface area contributed by atoms with Crippen molar-refractivity contribution in [2.75, 3.05) is 26.8 Å². The maximum atomic E-state index is 12.6. The molecule has 2 aliphatic rings.